The SMILES string of the molecule is Cc1cc(S(=O)(=O)NCc2ccccc2Cl)sc1C(=O)O. The number of benzene rings is 1. The highest BCUT2D eigenvalue weighted by atomic mass is 35.5. The summed E-state index contributed by atoms with van der Waals surface area (Å²) in [5.74, 6) is -1.13. The Bertz CT molecular complexity index is 783. The minimum Gasteiger partial charge on any atom is -0.477 e. The largest absolute Gasteiger partial charge is 0.477 e. The maximum atomic E-state index is 12.2. The van der Waals surface area contributed by atoms with Crippen LogP contribution in [0.2, 0.25) is 5.02 Å². The number of nitrogens with one attached hydrogen (secondary N) is 1. The van der Waals surface area contributed by atoms with E-state index in [-0.39, 0.29) is 15.6 Å². The van der Waals surface area contributed by atoms with E-state index in [1.165, 1.54) is 6.07 Å². The number of rotatable bonds is 5. The fraction of sp³-hybridized carbons (Fsp3) is 0.154. The highest BCUT2D eigenvalue weighted by molar-refractivity contribution is 7.91. The van der Waals surface area contributed by atoms with Gasteiger partial charge in [0.15, 0.2) is 0 Å². The van der Waals surface area contributed by atoms with Gasteiger partial charge in [0.2, 0.25) is 10.0 Å². The molecule has 2 aromatic rings. The number of thiophene rings is 1. The van der Waals surface area contributed by atoms with Gasteiger partial charge in [-0.2, -0.15) is 0 Å². The van der Waals surface area contributed by atoms with Crippen LogP contribution in [-0.2, 0) is 16.6 Å². The third kappa shape index (κ3) is 3.62. The normalized spacial score (nSPS) is 11.5. The topological polar surface area (TPSA) is 83.5 Å². The lowest BCUT2D eigenvalue weighted by Gasteiger charge is -2.06. The van der Waals surface area contributed by atoms with Gasteiger partial charge in [-0.25, -0.2) is 17.9 Å². The monoisotopic (exact) mass is 345 g/mol. The Balaban J connectivity index is 2.21. The molecule has 21 heavy (non-hydrogen) atoms. The first-order valence-corrected chi connectivity index (χ1v) is 8.56. The van der Waals surface area contributed by atoms with E-state index in [4.69, 9.17) is 16.7 Å². The predicted octanol–water partition coefficient (Wildman–Crippen LogP) is 2.89. The van der Waals surface area contributed by atoms with Crippen LogP contribution in [-0.4, -0.2) is 19.5 Å². The van der Waals surface area contributed by atoms with E-state index >= 15 is 0 Å². The summed E-state index contributed by atoms with van der Waals surface area (Å²) in [5, 5.41) is 9.43. The van der Waals surface area contributed by atoms with Crippen molar-refractivity contribution in [3.8, 4) is 0 Å². The van der Waals surface area contributed by atoms with Gasteiger partial charge in [0.1, 0.15) is 9.09 Å². The fourth-order valence-corrected chi connectivity index (χ4v) is 4.32. The molecule has 1 heterocycles. The molecule has 0 saturated heterocycles. The molecule has 5 nitrogen and oxygen atoms in total. The smallest absolute Gasteiger partial charge is 0.346 e. The van der Waals surface area contributed by atoms with Crippen LogP contribution in [0.5, 0.6) is 0 Å². The first-order chi connectivity index (χ1) is 9.81. The predicted molar refractivity (Wildman–Crippen MR) is 81.5 cm³/mol. The van der Waals surface area contributed by atoms with Gasteiger partial charge >= 0.3 is 5.97 Å². The second-order valence-electron chi connectivity index (χ2n) is 4.30. The lowest BCUT2D eigenvalue weighted by molar-refractivity contribution is 0.0701. The van der Waals surface area contributed by atoms with Gasteiger partial charge in [-0.05, 0) is 30.2 Å². The van der Waals surface area contributed by atoms with Crippen molar-refractivity contribution in [2.45, 2.75) is 17.7 Å². The van der Waals surface area contributed by atoms with Crippen LogP contribution in [0, 0.1) is 6.92 Å². The molecule has 0 aliphatic carbocycles. The summed E-state index contributed by atoms with van der Waals surface area (Å²) in [7, 11) is -3.76. The van der Waals surface area contributed by atoms with Crippen molar-refractivity contribution in [3.05, 3.63) is 51.4 Å². The Morgan fingerprint density at radius 3 is 2.62 bits per heavy atom. The lowest BCUT2D eigenvalue weighted by Crippen LogP contribution is -2.22. The molecule has 0 saturated carbocycles. The third-order valence-electron chi connectivity index (χ3n) is 2.76. The number of hydrogen-bond acceptors (Lipinski definition) is 4. The summed E-state index contributed by atoms with van der Waals surface area (Å²) < 4.78 is 26.7. The van der Waals surface area contributed by atoms with E-state index in [0.29, 0.717) is 16.1 Å². The first-order valence-electron chi connectivity index (χ1n) is 5.88. The molecule has 2 rings (SSSR count). The molecule has 112 valence electrons. The maximum absolute atomic E-state index is 12.2. The summed E-state index contributed by atoms with van der Waals surface area (Å²) >= 11 is 6.69. The van der Waals surface area contributed by atoms with Crippen LogP contribution in [0.3, 0.4) is 0 Å². The molecule has 1 aromatic carbocycles. The van der Waals surface area contributed by atoms with Crippen LogP contribution in [0.15, 0.2) is 34.5 Å². The van der Waals surface area contributed by atoms with Crippen molar-refractivity contribution in [1.29, 1.82) is 0 Å². The molecule has 0 radical (unpaired) electrons. The van der Waals surface area contributed by atoms with Gasteiger partial charge in [0, 0.05) is 11.6 Å². The van der Waals surface area contributed by atoms with Crippen LogP contribution >= 0.6 is 22.9 Å². The number of carbonyl (C=O) groups is 1. The Labute approximate surface area is 131 Å². The number of aromatic carboxylic acids is 1. The van der Waals surface area contributed by atoms with E-state index in [1.807, 2.05) is 0 Å². The molecule has 0 aliphatic rings. The van der Waals surface area contributed by atoms with Crippen molar-refractivity contribution >= 4 is 38.9 Å². The number of halogens is 1. The Hall–Kier alpha value is -1.41. The van der Waals surface area contributed by atoms with Crippen LogP contribution in [0.25, 0.3) is 0 Å². The van der Waals surface area contributed by atoms with E-state index in [1.54, 1.807) is 31.2 Å². The summed E-state index contributed by atoms with van der Waals surface area (Å²) in [6.07, 6.45) is 0. The number of carboxylic acids is 1. The zero-order valence-electron chi connectivity index (χ0n) is 11.0. The van der Waals surface area contributed by atoms with Crippen molar-refractivity contribution in [2.24, 2.45) is 0 Å². The lowest BCUT2D eigenvalue weighted by atomic mass is 10.2. The van der Waals surface area contributed by atoms with Gasteiger partial charge in [-0.15, -0.1) is 11.3 Å². The van der Waals surface area contributed by atoms with Gasteiger partial charge in [0.25, 0.3) is 0 Å². The second kappa shape index (κ2) is 6.15. The molecule has 0 aliphatic heterocycles. The van der Waals surface area contributed by atoms with Crippen molar-refractivity contribution in [2.75, 3.05) is 0 Å². The summed E-state index contributed by atoms with van der Waals surface area (Å²) in [4.78, 5) is 11.0. The third-order valence-corrected chi connectivity index (χ3v) is 6.23. The summed E-state index contributed by atoms with van der Waals surface area (Å²) in [6, 6.07) is 8.24. The average Bonchev–Trinajstić information content (AvgIpc) is 2.81. The molecule has 0 unspecified atom stereocenters. The zero-order chi connectivity index (χ0) is 15.6. The first kappa shape index (κ1) is 16.0. The summed E-state index contributed by atoms with van der Waals surface area (Å²) in [6.45, 7) is 1.61. The quantitative estimate of drug-likeness (QED) is 0.872. The van der Waals surface area contributed by atoms with Gasteiger partial charge in [-0.3, -0.25) is 0 Å². The summed E-state index contributed by atoms with van der Waals surface area (Å²) in [5.41, 5.74) is 1.07. The minimum absolute atomic E-state index is 0.0214. The Kier molecular flexibility index (Phi) is 4.67. The molecular weight excluding hydrogens is 334 g/mol. The van der Waals surface area contributed by atoms with Crippen LogP contribution in [0.1, 0.15) is 20.8 Å². The van der Waals surface area contributed by atoms with E-state index < -0.39 is 16.0 Å². The Morgan fingerprint density at radius 2 is 2.05 bits per heavy atom. The molecule has 0 bridgehead atoms. The van der Waals surface area contributed by atoms with Crippen molar-refractivity contribution in [3.63, 3.8) is 0 Å². The number of aryl methyl sites for hydroxylation is 1. The van der Waals surface area contributed by atoms with Crippen LogP contribution in [0.4, 0.5) is 0 Å². The van der Waals surface area contributed by atoms with Crippen molar-refractivity contribution in [1.82, 2.24) is 4.72 Å². The average molecular weight is 346 g/mol. The number of hydrogen-bond donors (Lipinski definition) is 2. The number of sulfonamides is 1. The van der Waals surface area contributed by atoms with E-state index in [2.05, 4.69) is 4.72 Å². The maximum Gasteiger partial charge on any atom is 0.346 e. The number of carboxylic acid groups (broad SMARTS) is 1. The molecule has 2 N–H and O–H groups in total. The second-order valence-corrected chi connectivity index (χ2v) is 7.75. The minimum atomic E-state index is -3.76. The van der Waals surface area contributed by atoms with E-state index in [0.717, 1.165) is 11.3 Å². The van der Waals surface area contributed by atoms with Crippen LogP contribution < -0.4 is 4.72 Å². The molecule has 0 atom stereocenters. The fourth-order valence-electron chi connectivity index (χ4n) is 1.68. The Morgan fingerprint density at radius 1 is 1.38 bits per heavy atom. The molecule has 0 spiro atoms. The molecule has 1 aromatic heterocycles. The highest BCUT2D eigenvalue weighted by Gasteiger charge is 2.21. The van der Waals surface area contributed by atoms with E-state index in [9.17, 15) is 13.2 Å². The standard InChI is InChI=1S/C13H12ClNO4S2/c1-8-6-11(20-12(8)13(16)17)21(18,19)15-7-9-4-2-3-5-10(9)14/h2-6,15H,7H2,1H3,(H,16,17). The molecule has 0 fully saturated rings. The van der Waals surface area contributed by atoms with Gasteiger partial charge < -0.3 is 5.11 Å². The van der Waals surface area contributed by atoms with Crippen molar-refractivity contribution < 1.29 is 18.3 Å². The molecule has 0 amide bonds. The molecular formula is C13H12ClNO4S2. The highest BCUT2D eigenvalue weighted by Crippen LogP contribution is 2.26. The zero-order valence-corrected chi connectivity index (χ0v) is 13.3. The van der Waals surface area contributed by atoms with Gasteiger partial charge in [0.05, 0.1) is 0 Å². The molecule has 8 heteroatoms. The van der Waals surface area contributed by atoms with Gasteiger partial charge in [-0.1, -0.05) is 29.8 Å².